The monoisotopic (exact) mass is 484 g/mol. The number of benzene rings is 2. The van der Waals surface area contributed by atoms with Crippen molar-refractivity contribution in [2.24, 2.45) is 11.8 Å². The molecule has 2 aromatic rings. The Labute approximate surface area is 205 Å². The Kier molecular flexibility index (Phi) is 11.5. The summed E-state index contributed by atoms with van der Waals surface area (Å²) in [5.41, 5.74) is 1.66. The van der Waals surface area contributed by atoms with E-state index in [1.807, 2.05) is 74.5 Å². The van der Waals surface area contributed by atoms with Crippen molar-refractivity contribution in [1.29, 1.82) is 0 Å². The minimum absolute atomic E-state index is 0.0622. The first-order chi connectivity index (χ1) is 16.8. The summed E-state index contributed by atoms with van der Waals surface area (Å²) in [6, 6.07) is 17.4. The number of nitrogens with one attached hydrogen (secondary N) is 2. The van der Waals surface area contributed by atoms with Gasteiger partial charge in [0.25, 0.3) is 0 Å². The number of ether oxygens (including phenoxy) is 2. The summed E-state index contributed by atoms with van der Waals surface area (Å²) < 4.78 is 24.5. The number of alkyl carbamates (subject to hydrolysis) is 1. The molecule has 8 heteroatoms. The maximum Gasteiger partial charge on any atom is 0.407 e. The topological polar surface area (TPSA) is 93.7 Å². The second-order valence-electron chi connectivity index (χ2n) is 8.54. The second kappa shape index (κ2) is 14.6. The third kappa shape index (κ3) is 10.4. The second-order valence-corrected chi connectivity index (χ2v) is 8.54. The van der Waals surface area contributed by atoms with Gasteiger partial charge in [0.2, 0.25) is 5.91 Å². The smallest absolute Gasteiger partial charge is 0.407 e. The van der Waals surface area contributed by atoms with Crippen LogP contribution in [0.5, 0.6) is 0 Å². The van der Waals surface area contributed by atoms with Crippen LogP contribution in [-0.4, -0.2) is 37.7 Å². The van der Waals surface area contributed by atoms with Crippen LogP contribution in [-0.2, 0) is 32.1 Å². The Morgan fingerprint density at radius 2 is 1.57 bits per heavy atom. The van der Waals surface area contributed by atoms with Gasteiger partial charge in [-0.25, -0.2) is 14.0 Å². The average molecular weight is 485 g/mol. The molecule has 2 atom stereocenters. The van der Waals surface area contributed by atoms with Gasteiger partial charge in [-0.15, -0.1) is 0 Å². The van der Waals surface area contributed by atoms with Gasteiger partial charge in [0, 0.05) is 6.42 Å². The summed E-state index contributed by atoms with van der Waals surface area (Å²) >= 11 is 0. The fourth-order valence-corrected chi connectivity index (χ4v) is 3.43. The SMILES string of the molecule is COC(=O)[C@H](Cc1ccccc1)NC(=O)[C@@H](/C=C(\F)CNC(=O)OCc1ccccc1)CC(C)C. The van der Waals surface area contributed by atoms with E-state index in [0.717, 1.165) is 11.1 Å². The number of rotatable bonds is 12. The molecule has 2 amide bonds. The largest absolute Gasteiger partial charge is 0.467 e. The van der Waals surface area contributed by atoms with E-state index in [4.69, 9.17) is 9.47 Å². The minimum Gasteiger partial charge on any atom is -0.467 e. The molecule has 0 aromatic heterocycles. The molecule has 0 unspecified atom stereocenters. The number of hydrogen-bond acceptors (Lipinski definition) is 5. The summed E-state index contributed by atoms with van der Waals surface area (Å²) in [7, 11) is 1.25. The highest BCUT2D eigenvalue weighted by Crippen LogP contribution is 2.17. The number of esters is 1. The van der Waals surface area contributed by atoms with Crippen molar-refractivity contribution >= 4 is 18.0 Å². The number of carbonyl (C=O) groups is 3. The number of halogens is 1. The van der Waals surface area contributed by atoms with Gasteiger partial charge in [-0.2, -0.15) is 0 Å². The van der Waals surface area contributed by atoms with Crippen LogP contribution >= 0.6 is 0 Å². The lowest BCUT2D eigenvalue weighted by Gasteiger charge is -2.21. The van der Waals surface area contributed by atoms with E-state index >= 15 is 0 Å². The summed E-state index contributed by atoms with van der Waals surface area (Å²) in [6.45, 7) is 3.46. The molecule has 7 nitrogen and oxygen atoms in total. The van der Waals surface area contributed by atoms with Crippen LogP contribution in [0.15, 0.2) is 72.6 Å². The van der Waals surface area contributed by atoms with Crippen molar-refractivity contribution in [3.05, 3.63) is 83.7 Å². The van der Waals surface area contributed by atoms with Gasteiger partial charge in [-0.1, -0.05) is 74.5 Å². The van der Waals surface area contributed by atoms with E-state index in [-0.39, 0.29) is 18.9 Å². The molecule has 0 radical (unpaired) electrons. The maximum absolute atomic E-state index is 14.6. The molecule has 0 aliphatic rings. The number of methoxy groups -OCH3 is 1. The van der Waals surface area contributed by atoms with E-state index in [1.165, 1.54) is 13.2 Å². The molecule has 188 valence electrons. The zero-order chi connectivity index (χ0) is 25.6. The van der Waals surface area contributed by atoms with Crippen molar-refractivity contribution in [2.75, 3.05) is 13.7 Å². The molecule has 0 saturated heterocycles. The van der Waals surface area contributed by atoms with Crippen LogP contribution in [0, 0.1) is 11.8 Å². The van der Waals surface area contributed by atoms with Gasteiger partial charge in [0.05, 0.1) is 19.6 Å². The number of carbonyl (C=O) groups excluding carboxylic acids is 3. The Hall–Kier alpha value is -3.68. The highest BCUT2D eigenvalue weighted by molar-refractivity contribution is 5.87. The molecule has 0 fully saturated rings. The van der Waals surface area contributed by atoms with Crippen LogP contribution in [0.25, 0.3) is 0 Å². The first kappa shape index (κ1) is 27.6. The van der Waals surface area contributed by atoms with Gasteiger partial charge in [-0.05, 0) is 29.5 Å². The van der Waals surface area contributed by atoms with Crippen LogP contribution in [0.3, 0.4) is 0 Å². The Morgan fingerprint density at radius 1 is 0.971 bits per heavy atom. The van der Waals surface area contributed by atoms with Gasteiger partial charge in [-0.3, -0.25) is 4.79 Å². The van der Waals surface area contributed by atoms with E-state index in [1.54, 1.807) is 0 Å². The van der Waals surface area contributed by atoms with E-state index in [2.05, 4.69) is 10.6 Å². The molecule has 0 aliphatic carbocycles. The highest BCUT2D eigenvalue weighted by atomic mass is 19.1. The highest BCUT2D eigenvalue weighted by Gasteiger charge is 2.26. The fraction of sp³-hybridized carbons (Fsp3) is 0.370. The molecule has 0 saturated carbocycles. The molecule has 0 spiro atoms. The van der Waals surface area contributed by atoms with Crippen LogP contribution < -0.4 is 10.6 Å². The zero-order valence-electron chi connectivity index (χ0n) is 20.3. The maximum atomic E-state index is 14.6. The van der Waals surface area contributed by atoms with E-state index < -0.39 is 42.3 Å². The van der Waals surface area contributed by atoms with Crippen molar-refractivity contribution in [3.63, 3.8) is 0 Å². The third-order valence-electron chi connectivity index (χ3n) is 5.14. The molecule has 0 aliphatic heterocycles. The summed E-state index contributed by atoms with van der Waals surface area (Å²) in [6.07, 6.45) is 1.01. The van der Waals surface area contributed by atoms with Gasteiger partial charge >= 0.3 is 12.1 Å². The van der Waals surface area contributed by atoms with Crippen LogP contribution in [0.4, 0.5) is 9.18 Å². The Balaban J connectivity index is 1.98. The van der Waals surface area contributed by atoms with Gasteiger partial charge in [0.1, 0.15) is 18.5 Å². The predicted octanol–water partition coefficient (Wildman–Crippen LogP) is 4.33. The lowest BCUT2D eigenvalue weighted by Crippen LogP contribution is -2.45. The normalized spacial score (nSPS) is 13.0. The Bertz CT molecular complexity index is 980. The minimum atomic E-state index is -0.910. The molecular formula is C27H33FN2O5. The first-order valence-corrected chi connectivity index (χ1v) is 11.5. The zero-order valence-corrected chi connectivity index (χ0v) is 20.3. The van der Waals surface area contributed by atoms with Crippen molar-refractivity contribution in [1.82, 2.24) is 10.6 Å². The summed E-state index contributed by atoms with van der Waals surface area (Å²) in [5.74, 6) is -2.51. The molecular weight excluding hydrogens is 451 g/mol. The standard InChI is InChI=1S/C27H33FN2O5/c1-19(2)14-22(16-23(28)17-29-27(33)35-18-21-12-8-5-9-13-21)25(31)30-24(26(32)34-3)15-20-10-6-4-7-11-20/h4-13,16,19,22,24H,14-15,17-18H2,1-3H3,(H,29,33)(H,30,31)/b23-16-/t22-,24+/m1/s1. The van der Waals surface area contributed by atoms with Gasteiger partial charge in [0.15, 0.2) is 0 Å². The first-order valence-electron chi connectivity index (χ1n) is 11.5. The predicted molar refractivity (Wildman–Crippen MR) is 131 cm³/mol. The Morgan fingerprint density at radius 3 is 2.14 bits per heavy atom. The van der Waals surface area contributed by atoms with Gasteiger partial charge < -0.3 is 20.1 Å². The van der Waals surface area contributed by atoms with Crippen LogP contribution in [0.2, 0.25) is 0 Å². The third-order valence-corrected chi connectivity index (χ3v) is 5.14. The lowest BCUT2D eigenvalue weighted by atomic mass is 9.94. The summed E-state index contributed by atoms with van der Waals surface area (Å²) in [5, 5.41) is 5.03. The van der Waals surface area contributed by atoms with Crippen molar-refractivity contribution < 1.29 is 28.2 Å². The molecule has 2 aromatic carbocycles. The molecule has 0 heterocycles. The molecule has 0 bridgehead atoms. The van der Waals surface area contributed by atoms with E-state index in [9.17, 15) is 18.8 Å². The number of amides is 2. The van der Waals surface area contributed by atoms with Crippen molar-refractivity contribution in [2.45, 2.75) is 39.3 Å². The average Bonchev–Trinajstić information content (AvgIpc) is 2.85. The van der Waals surface area contributed by atoms with Crippen LogP contribution in [0.1, 0.15) is 31.4 Å². The van der Waals surface area contributed by atoms with Crippen molar-refractivity contribution in [3.8, 4) is 0 Å². The number of hydrogen-bond donors (Lipinski definition) is 2. The summed E-state index contributed by atoms with van der Waals surface area (Å²) in [4.78, 5) is 37.2. The molecule has 35 heavy (non-hydrogen) atoms. The molecule has 2 N–H and O–H groups in total. The quantitative estimate of drug-likeness (QED) is 0.438. The fourth-order valence-electron chi connectivity index (χ4n) is 3.43. The molecule has 2 rings (SSSR count). The lowest BCUT2D eigenvalue weighted by molar-refractivity contribution is -0.145. The van der Waals surface area contributed by atoms with E-state index in [0.29, 0.717) is 6.42 Å².